The summed E-state index contributed by atoms with van der Waals surface area (Å²) in [6, 6.07) is 7.83. The molecule has 2 rings (SSSR count). The van der Waals surface area contributed by atoms with Crippen LogP contribution in [0.4, 0.5) is 5.69 Å². The summed E-state index contributed by atoms with van der Waals surface area (Å²) >= 11 is 0. The highest BCUT2D eigenvalue weighted by molar-refractivity contribution is 5.96. The minimum absolute atomic E-state index is 0.211. The van der Waals surface area contributed by atoms with Gasteiger partial charge in [0.15, 0.2) is 5.78 Å². The normalized spacial score (nSPS) is 16.6. The number of rotatable bonds is 6. The summed E-state index contributed by atoms with van der Waals surface area (Å²) in [5.74, 6) is 1.90. The first-order chi connectivity index (χ1) is 8.20. The van der Waals surface area contributed by atoms with E-state index in [0.29, 0.717) is 6.42 Å². The minimum atomic E-state index is 0.211. The number of Topliss-reactive ketones (excluding diaryl/α,β-unsaturated/α-hetero) is 1. The fourth-order valence-corrected chi connectivity index (χ4v) is 2.09. The molecule has 0 spiro atoms. The third-order valence-corrected chi connectivity index (χ3v) is 3.58. The van der Waals surface area contributed by atoms with E-state index in [1.54, 1.807) is 0 Å². The van der Waals surface area contributed by atoms with Crippen molar-refractivity contribution in [3.05, 3.63) is 29.8 Å². The van der Waals surface area contributed by atoms with Gasteiger partial charge < -0.3 is 5.32 Å². The Bertz CT molecular complexity index is 378. The van der Waals surface area contributed by atoms with Crippen molar-refractivity contribution >= 4 is 11.5 Å². The zero-order valence-electron chi connectivity index (χ0n) is 10.7. The molecule has 1 aromatic rings. The molecule has 1 aromatic carbocycles. The molecule has 92 valence electrons. The van der Waals surface area contributed by atoms with Crippen molar-refractivity contribution < 1.29 is 4.79 Å². The van der Waals surface area contributed by atoms with Gasteiger partial charge in [-0.05, 0) is 48.9 Å². The zero-order valence-corrected chi connectivity index (χ0v) is 10.7. The highest BCUT2D eigenvalue weighted by Crippen LogP contribution is 2.36. The molecule has 1 N–H and O–H groups in total. The van der Waals surface area contributed by atoms with E-state index in [2.05, 4.69) is 12.2 Å². The van der Waals surface area contributed by atoms with Crippen LogP contribution in [-0.2, 0) is 0 Å². The fraction of sp³-hybridized carbons (Fsp3) is 0.533. The van der Waals surface area contributed by atoms with E-state index in [1.807, 2.05) is 31.2 Å². The quantitative estimate of drug-likeness (QED) is 0.756. The number of carbonyl (C=O) groups is 1. The van der Waals surface area contributed by atoms with Gasteiger partial charge in [0, 0.05) is 24.2 Å². The van der Waals surface area contributed by atoms with Crippen LogP contribution in [0.5, 0.6) is 0 Å². The maximum atomic E-state index is 11.5. The first kappa shape index (κ1) is 12.2. The van der Waals surface area contributed by atoms with Crippen LogP contribution in [0.25, 0.3) is 0 Å². The molecule has 0 amide bonds. The number of benzene rings is 1. The molecule has 0 bridgehead atoms. The number of hydrogen-bond donors (Lipinski definition) is 1. The van der Waals surface area contributed by atoms with Gasteiger partial charge in [0.2, 0.25) is 0 Å². The lowest BCUT2D eigenvalue weighted by molar-refractivity contribution is 0.0988. The van der Waals surface area contributed by atoms with Crippen molar-refractivity contribution in [1.29, 1.82) is 0 Å². The molecule has 1 atom stereocenters. The van der Waals surface area contributed by atoms with E-state index in [1.165, 1.54) is 12.8 Å². The van der Waals surface area contributed by atoms with E-state index in [9.17, 15) is 4.79 Å². The largest absolute Gasteiger partial charge is 0.385 e. The number of carbonyl (C=O) groups excluding carboxylic acids is 1. The van der Waals surface area contributed by atoms with Gasteiger partial charge in [0.25, 0.3) is 0 Å². The predicted octanol–water partition coefficient (Wildman–Crippen LogP) is 3.74. The van der Waals surface area contributed by atoms with Crippen LogP contribution in [-0.4, -0.2) is 12.3 Å². The van der Waals surface area contributed by atoms with E-state index >= 15 is 0 Å². The molecular weight excluding hydrogens is 210 g/mol. The lowest BCUT2D eigenvalue weighted by atomic mass is 10.1. The van der Waals surface area contributed by atoms with Gasteiger partial charge in [0.1, 0.15) is 0 Å². The summed E-state index contributed by atoms with van der Waals surface area (Å²) in [6.07, 6.45) is 3.37. The Morgan fingerprint density at radius 1 is 1.35 bits per heavy atom. The summed E-state index contributed by atoms with van der Waals surface area (Å²) in [5, 5.41) is 3.44. The van der Waals surface area contributed by atoms with Crippen LogP contribution >= 0.6 is 0 Å². The summed E-state index contributed by atoms with van der Waals surface area (Å²) in [5.41, 5.74) is 1.93. The zero-order chi connectivity index (χ0) is 12.3. The molecule has 0 aromatic heterocycles. The lowest BCUT2D eigenvalue weighted by Gasteiger charge is -2.12. The molecule has 1 saturated carbocycles. The Morgan fingerprint density at radius 2 is 2.00 bits per heavy atom. The van der Waals surface area contributed by atoms with E-state index in [0.717, 1.165) is 29.6 Å². The maximum Gasteiger partial charge on any atom is 0.162 e. The molecule has 2 nitrogen and oxygen atoms in total. The number of ketones is 1. The second-order valence-corrected chi connectivity index (χ2v) is 5.05. The topological polar surface area (TPSA) is 29.1 Å². The molecule has 17 heavy (non-hydrogen) atoms. The SMILES string of the molecule is CCC(=O)c1ccc(NCC(C)C2CC2)cc1. The Morgan fingerprint density at radius 3 is 2.53 bits per heavy atom. The van der Waals surface area contributed by atoms with Crippen LogP contribution in [0.2, 0.25) is 0 Å². The Balaban J connectivity index is 1.86. The van der Waals surface area contributed by atoms with Crippen molar-refractivity contribution in [2.75, 3.05) is 11.9 Å². The smallest absolute Gasteiger partial charge is 0.162 e. The van der Waals surface area contributed by atoms with Gasteiger partial charge >= 0.3 is 0 Å². The summed E-state index contributed by atoms with van der Waals surface area (Å²) in [6.45, 7) is 5.23. The van der Waals surface area contributed by atoms with Crippen LogP contribution in [0.1, 0.15) is 43.5 Å². The predicted molar refractivity (Wildman–Crippen MR) is 71.4 cm³/mol. The maximum absolute atomic E-state index is 11.5. The van der Waals surface area contributed by atoms with Crippen molar-refractivity contribution in [3.8, 4) is 0 Å². The second kappa shape index (κ2) is 5.35. The standard InChI is InChI=1S/C15H21NO/c1-3-15(17)13-6-8-14(9-7-13)16-10-11(2)12-4-5-12/h6-9,11-12,16H,3-5,10H2,1-2H3. The Labute approximate surface area is 103 Å². The number of anilines is 1. The molecule has 1 aliphatic rings. The summed E-state index contributed by atoms with van der Waals surface area (Å²) in [4.78, 5) is 11.5. The van der Waals surface area contributed by atoms with Gasteiger partial charge in [-0.2, -0.15) is 0 Å². The van der Waals surface area contributed by atoms with Crippen molar-refractivity contribution in [2.45, 2.75) is 33.1 Å². The molecule has 1 unspecified atom stereocenters. The van der Waals surface area contributed by atoms with E-state index in [-0.39, 0.29) is 5.78 Å². The fourth-order valence-electron chi connectivity index (χ4n) is 2.09. The summed E-state index contributed by atoms with van der Waals surface area (Å²) < 4.78 is 0. The van der Waals surface area contributed by atoms with Crippen LogP contribution in [0, 0.1) is 11.8 Å². The molecule has 2 heteroatoms. The molecule has 0 aliphatic heterocycles. The first-order valence-corrected chi connectivity index (χ1v) is 6.58. The average molecular weight is 231 g/mol. The summed E-state index contributed by atoms with van der Waals surface area (Å²) in [7, 11) is 0. The number of hydrogen-bond acceptors (Lipinski definition) is 2. The van der Waals surface area contributed by atoms with Gasteiger partial charge in [-0.15, -0.1) is 0 Å². The minimum Gasteiger partial charge on any atom is -0.385 e. The van der Waals surface area contributed by atoms with Crippen LogP contribution in [0.3, 0.4) is 0 Å². The third kappa shape index (κ3) is 3.32. The Hall–Kier alpha value is -1.31. The van der Waals surface area contributed by atoms with E-state index < -0.39 is 0 Å². The van der Waals surface area contributed by atoms with Crippen molar-refractivity contribution in [3.63, 3.8) is 0 Å². The highest BCUT2D eigenvalue weighted by Gasteiger charge is 2.27. The molecule has 0 radical (unpaired) electrons. The van der Waals surface area contributed by atoms with Gasteiger partial charge in [-0.25, -0.2) is 0 Å². The van der Waals surface area contributed by atoms with Gasteiger partial charge in [-0.1, -0.05) is 13.8 Å². The van der Waals surface area contributed by atoms with Gasteiger partial charge in [0.05, 0.1) is 0 Å². The molecule has 0 saturated heterocycles. The Kier molecular flexibility index (Phi) is 3.82. The van der Waals surface area contributed by atoms with Gasteiger partial charge in [-0.3, -0.25) is 4.79 Å². The van der Waals surface area contributed by atoms with Crippen molar-refractivity contribution in [2.24, 2.45) is 11.8 Å². The average Bonchev–Trinajstić information content (AvgIpc) is 3.20. The third-order valence-electron chi connectivity index (χ3n) is 3.58. The second-order valence-electron chi connectivity index (χ2n) is 5.05. The van der Waals surface area contributed by atoms with Crippen LogP contribution < -0.4 is 5.32 Å². The highest BCUT2D eigenvalue weighted by atomic mass is 16.1. The van der Waals surface area contributed by atoms with Crippen LogP contribution in [0.15, 0.2) is 24.3 Å². The van der Waals surface area contributed by atoms with Crippen molar-refractivity contribution in [1.82, 2.24) is 0 Å². The van der Waals surface area contributed by atoms with E-state index in [4.69, 9.17) is 0 Å². The monoisotopic (exact) mass is 231 g/mol. The molecule has 1 fully saturated rings. The molecule has 1 aliphatic carbocycles. The first-order valence-electron chi connectivity index (χ1n) is 6.58. The molecule has 0 heterocycles. The molecular formula is C15H21NO. The number of nitrogens with one attached hydrogen (secondary N) is 1. The lowest BCUT2D eigenvalue weighted by Crippen LogP contribution is -2.12.